The van der Waals surface area contributed by atoms with Crippen LogP contribution in [-0.4, -0.2) is 65.1 Å². The Hall–Kier alpha value is -1.99. The number of hydrogen-bond acceptors (Lipinski definition) is 6. The fourth-order valence-corrected chi connectivity index (χ4v) is 8.15. The molecule has 35 heavy (non-hydrogen) atoms. The van der Waals surface area contributed by atoms with Crippen molar-refractivity contribution in [2.75, 3.05) is 44.0 Å². The van der Waals surface area contributed by atoms with Gasteiger partial charge in [-0.25, -0.2) is 0 Å². The molecule has 3 saturated carbocycles. The van der Waals surface area contributed by atoms with Crippen molar-refractivity contribution in [1.29, 1.82) is 0 Å². The van der Waals surface area contributed by atoms with Gasteiger partial charge in [-0.1, -0.05) is 25.0 Å². The number of piperazine rings is 1. The zero-order chi connectivity index (χ0) is 30.7. The number of amides is 2. The van der Waals surface area contributed by atoms with Crippen LogP contribution >= 0.6 is 11.5 Å². The van der Waals surface area contributed by atoms with Crippen molar-refractivity contribution in [1.82, 2.24) is 14.2 Å². The monoisotopic (exact) mass is 500 g/mol. The Morgan fingerprint density at radius 3 is 2.26 bits per heavy atom. The average molecular weight is 501 g/mol. The van der Waals surface area contributed by atoms with Crippen LogP contribution in [-0.2, 0) is 9.59 Å². The van der Waals surface area contributed by atoms with Gasteiger partial charge in [0.25, 0.3) is 0 Å². The molecular formula is C28H36N4O2S. The number of benzene rings is 1. The first-order chi connectivity index (χ1) is 20.2. The summed E-state index contributed by atoms with van der Waals surface area (Å²) in [5.74, 6) is -0.817. The van der Waals surface area contributed by atoms with Gasteiger partial charge in [0.15, 0.2) is 0 Å². The van der Waals surface area contributed by atoms with Gasteiger partial charge in [-0.3, -0.25) is 19.4 Å². The second-order valence-electron chi connectivity index (χ2n) is 10.9. The molecule has 2 aromatic rings. The van der Waals surface area contributed by atoms with Crippen molar-refractivity contribution < 1.29 is 20.6 Å². The zero-order valence-corrected chi connectivity index (χ0v) is 20.5. The van der Waals surface area contributed by atoms with Gasteiger partial charge in [0.1, 0.15) is 5.82 Å². The van der Waals surface area contributed by atoms with Gasteiger partial charge in [0.2, 0.25) is 11.8 Å². The second-order valence-corrected chi connectivity index (χ2v) is 11.7. The normalized spacial score (nSPS) is 44.6. The number of aromatic nitrogens is 1. The van der Waals surface area contributed by atoms with E-state index in [-0.39, 0.29) is 66.2 Å². The third-order valence-electron chi connectivity index (χ3n) is 9.08. The lowest BCUT2D eigenvalue weighted by Gasteiger charge is -2.40. The molecule has 3 aliphatic carbocycles. The van der Waals surface area contributed by atoms with E-state index in [1.807, 2.05) is 0 Å². The maximum atomic E-state index is 13.4. The Labute approximate surface area is 223 Å². The Bertz CT molecular complexity index is 1410. The van der Waals surface area contributed by atoms with Crippen molar-refractivity contribution in [2.45, 2.75) is 44.9 Å². The van der Waals surface area contributed by atoms with Crippen molar-refractivity contribution in [3.8, 4) is 0 Å². The fraction of sp³-hybridized carbons (Fsp3) is 0.679. The molecule has 0 spiro atoms. The Balaban J connectivity index is 1.18. The van der Waals surface area contributed by atoms with Gasteiger partial charge in [0, 0.05) is 49.9 Å². The maximum absolute atomic E-state index is 13.4. The highest BCUT2D eigenvalue weighted by Gasteiger charge is 2.61. The minimum Gasteiger partial charge on any atom is -0.353 e. The van der Waals surface area contributed by atoms with E-state index < -0.39 is 26.0 Å². The van der Waals surface area contributed by atoms with Gasteiger partial charge < -0.3 is 4.90 Å². The summed E-state index contributed by atoms with van der Waals surface area (Å²) in [6, 6.07) is 6.86. The molecule has 7 rings (SSSR count). The molecule has 5 fully saturated rings. The molecule has 2 aliphatic heterocycles. The zero-order valence-electron chi connectivity index (χ0n) is 27.7. The van der Waals surface area contributed by atoms with Gasteiger partial charge in [-0.2, -0.15) is 4.37 Å². The molecule has 1 aromatic carbocycles. The molecule has 0 N–H and O–H groups in total. The standard InChI is InChI=1S/C28H36N4O2S/c33-27-24-18-9-10-19(15-18)25(24)28(34)32(27)17-21-6-2-1-5-20(21)16-30-11-13-31(14-12-30)26-22-7-3-4-8-23(22)35-29-26/h3-4,7-8,18-21,24-25H,1-2,5-6,9-17H2/t18-,19+,20-,21-,24+,25-/m0/s1/i11D2,12D2,13D2,14D2. The summed E-state index contributed by atoms with van der Waals surface area (Å²) in [6.07, 6.45) is 5.86. The largest absolute Gasteiger partial charge is 0.353 e. The molecule has 7 heteroatoms. The predicted octanol–water partition coefficient (Wildman–Crippen LogP) is 4.26. The third-order valence-corrected chi connectivity index (χ3v) is 9.90. The van der Waals surface area contributed by atoms with Gasteiger partial charge in [-0.15, -0.1) is 0 Å². The number of anilines is 1. The number of rotatable bonds is 5. The quantitative estimate of drug-likeness (QED) is 0.575. The van der Waals surface area contributed by atoms with Crippen molar-refractivity contribution >= 4 is 39.3 Å². The van der Waals surface area contributed by atoms with Gasteiger partial charge in [0.05, 0.1) is 22.0 Å². The van der Waals surface area contributed by atoms with Gasteiger partial charge >= 0.3 is 0 Å². The van der Waals surface area contributed by atoms with E-state index in [4.69, 9.17) is 11.0 Å². The van der Waals surface area contributed by atoms with Gasteiger partial charge in [-0.05, 0) is 79.4 Å². The molecular weight excluding hydrogens is 456 g/mol. The summed E-state index contributed by atoms with van der Waals surface area (Å²) < 4.78 is 76.7. The summed E-state index contributed by atoms with van der Waals surface area (Å²) in [4.78, 5) is 29.6. The smallest absolute Gasteiger partial charge is 0.233 e. The summed E-state index contributed by atoms with van der Waals surface area (Å²) in [5, 5.41) is 0.422. The van der Waals surface area contributed by atoms with Crippen LogP contribution in [0.4, 0.5) is 5.82 Å². The number of nitrogens with zero attached hydrogens (tertiary/aromatic N) is 4. The van der Waals surface area contributed by atoms with Crippen LogP contribution < -0.4 is 4.90 Å². The molecule has 2 saturated heterocycles. The average Bonchev–Trinajstić information content (AvgIpc) is 3.72. The van der Waals surface area contributed by atoms with E-state index in [0.29, 0.717) is 27.8 Å². The van der Waals surface area contributed by atoms with E-state index in [1.165, 1.54) is 4.90 Å². The highest BCUT2D eigenvalue weighted by molar-refractivity contribution is 7.13. The molecule has 186 valence electrons. The topological polar surface area (TPSA) is 56.8 Å². The van der Waals surface area contributed by atoms with Crippen molar-refractivity contribution in [2.24, 2.45) is 35.5 Å². The van der Waals surface area contributed by atoms with Crippen molar-refractivity contribution in [3.63, 3.8) is 0 Å². The summed E-state index contributed by atoms with van der Waals surface area (Å²) >= 11 is 1.02. The SMILES string of the molecule is [2H]C1([2H])N(C[C@@H]2CCCC[C@H]2CN2C(=O)[C@@H]3[C@H]4CC[C@H](C4)[C@@H]3C2=O)C([2H])([2H])C([2H])([2H])N(c2nsc3ccccc23)C1([2H])[2H]. The van der Waals surface area contributed by atoms with E-state index >= 15 is 0 Å². The molecule has 6 atom stereocenters. The highest BCUT2D eigenvalue weighted by atomic mass is 32.1. The molecule has 1 aromatic heterocycles. The maximum Gasteiger partial charge on any atom is 0.233 e. The van der Waals surface area contributed by atoms with Crippen LogP contribution in [0.25, 0.3) is 10.1 Å². The van der Waals surface area contributed by atoms with Crippen LogP contribution in [0.3, 0.4) is 0 Å². The van der Waals surface area contributed by atoms with Crippen LogP contribution in [0.5, 0.6) is 0 Å². The summed E-state index contributed by atoms with van der Waals surface area (Å²) in [6.45, 7) is -12.0. The van der Waals surface area contributed by atoms with E-state index in [0.717, 1.165) is 48.5 Å². The molecule has 5 aliphatic rings. The first kappa shape index (κ1) is 15.3. The third kappa shape index (κ3) is 3.72. The summed E-state index contributed by atoms with van der Waals surface area (Å²) in [5.41, 5.74) is 0. The Kier molecular flexibility index (Phi) is 3.87. The first-order valence-corrected chi connectivity index (χ1v) is 13.7. The lowest BCUT2D eigenvalue weighted by Crippen LogP contribution is -2.49. The van der Waals surface area contributed by atoms with Crippen LogP contribution in [0.2, 0.25) is 0 Å². The predicted molar refractivity (Wildman–Crippen MR) is 138 cm³/mol. The number of likely N-dealkylation sites (tertiary alicyclic amines) is 1. The molecule has 0 unspecified atom stereocenters. The Morgan fingerprint density at radius 1 is 0.886 bits per heavy atom. The lowest BCUT2D eigenvalue weighted by atomic mass is 9.78. The van der Waals surface area contributed by atoms with Crippen LogP contribution in [0.15, 0.2) is 24.3 Å². The Morgan fingerprint density at radius 2 is 1.54 bits per heavy atom. The fourth-order valence-electron chi connectivity index (χ4n) is 7.39. The number of carbonyl (C=O) groups excluding carboxylic acids is 2. The second kappa shape index (κ2) is 8.84. The minimum absolute atomic E-state index is 0.103. The molecule has 3 heterocycles. The number of hydrogen-bond donors (Lipinski definition) is 0. The number of fused-ring (bicyclic) bond motifs is 6. The molecule has 2 bridgehead atoms. The molecule has 6 nitrogen and oxygen atoms in total. The van der Waals surface area contributed by atoms with Crippen LogP contribution in [0.1, 0.15) is 55.9 Å². The van der Waals surface area contributed by atoms with E-state index in [1.54, 1.807) is 24.3 Å². The van der Waals surface area contributed by atoms with Crippen molar-refractivity contribution in [3.05, 3.63) is 24.3 Å². The minimum atomic E-state index is -3.00. The first-order valence-electron chi connectivity index (χ1n) is 17.0. The van der Waals surface area contributed by atoms with E-state index in [2.05, 4.69) is 4.37 Å². The lowest BCUT2D eigenvalue weighted by molar-refractivity contribution is -0.142. The number of carbonyl (C=O) groups is 2. The molecule has 0 radical (unpaired) electrons. The van der Waals surface area contributed by atoms with E-state index in [9.17, 15) is 9.59 Å². The summed E-state index contributed by atoms with van der Waals surface area (Å²) in [7, 11) is 0. The van der Waals surface area contributed by atoms with Crippen LogP contribution in [0, 0.1) is 35.5 Å². The molecule has 2 amide bonds. The number of imide groups is 1. The highest BCUT2D eigenvalue weighted by Crippen LogP contribution is 2.56.